The number of carbonyl (C=O) groups is 1. The predicted molar refractivity (Wildman–Crippen MR) is 83.6 cm³/mol. The molecule has 1 amide bonds. The summed E-state index contributed by atoms with van der Waals surface area (Å²) in [7, 11) is 0. The average Bonchev–Trinajstić information content (AvgIpc) is 2.44. The van der Waals surface area contributed by atoms with Crippen LogP contribution in [-0.4, -0.2) is 30.4 Å². The number of hydrogen-bond donors (Lipinski definition) is 1. The van der Waals surface area contributed by atoms with Crippen molar-refractivity contribution in [3.63, 3.8) is 0 Å². The lowest BCUT2D eigenvalue weighted by molar-refractivity contribution is -0.167. The fourth-order valence-electron chi connectivity index (χ4n) is 6.68. The highest BCUT2D eigenvalue weighted by Crippen LogP contribution is 2.65. The average molecular weight is 290 g/mol. The molecule has 0 aromatic carbocycles. The molecule has 2 N–H and O–H groups in total. The summed E-state index contributed by atoms with van der Waals surface area (Å²) in [5.74, 6) is 2.82. The molecule has 3 heteroatoms. The number of rotatable bonds is 2. The number of nitrogens with zero attached hydrogens (tertiary/aromatic N) is 1. The Kier molecular flexibility index (Phi) is 3.15. The van der Waals surface area contributed by atoms with Gasteiger partial charge in [0, 0.05) is 13.1 Å². The van der Waals surface area contributed by atoms with Crippen LogP contribution in [0.5, 0.6) is 0 Å². The van der Waals surface area contributed by atoms with Gasteiger partial charge in [-0.25, -0.2) is 0 Å². The quantitative estimate of drug-likeness (QED) is 0.850. The second-order valence-corrected chi connectivity index (χ2v) is 9.02. The molecule has 1 aliphatic heterocycles. The molecule has 2 atom stereocenters. The molecule has 1 heterocycles. The Morgan fingerprint density at radius 1 is 1.14 bits per heavy atom. The smallest absolute Gasteiger partial charge is 0.228 e. The summed E-state index contributed by atoms with van der Waals surface area (Å²) in [5, 5.41) is 0. The molecule has 4 aliphatic carbocycles. The van der Waals surface area contributed by atoms with E-state index < -0.39 is 0 Å². The lowest BCUT2D eigenvalue weighted by Gasteiger charge is -2.61. The van der Waals surface area contributed by atoms with Crippen LogP contribution in [0.4, 0.5) is 0 Å². The van der Waals surface area contributed by atoms with Crippen molar-refractivity contribution in [2.75, 3.05) is 19.6 Å². The minimum absolute atomic E-state index is 0.0222. The standard InChI is InChI=1S/C18H30N2O/c1-17-7-14-6-15(8-17)10-18(9-14,12-17)16(21)20-4-2-13(11-19)3-5-20/h13-15H,2-12,19H2,1H3. The lowest BCUT2D eigenvalue weighted by Crippen LogP contribution is -2.58. The molecule has 5 fully saturated rings. The highest BCUT2D eigenvalue weighted by atomic mass is 16.2. The number of nitrogens with two attached hydrogens (primary N) is 1. The molecule has 0 radical (unpaired) electrons. The van der Waals surface area contributed by atoms with Gasteiger partial charge < -0.3 is 10.6 Å². The Balaban J connectivity index is 1.52. The zero-order chi connectivity index (χ0) is 14.7. The Hall–Kier alpha value is -0.570. The van der Waals surface area contributed by atoms with Crippen molar-refractivity contribution in [1.29, 1.82) is 0 Å². The van der Waals surface area contributed by atoms with Crippen LogP contribution in [0.25, 0.3) is 0 Å². The third-order valence-electron chi connectivity index (χ3n) is 7.04. The van der Waals surface area contributed by atoms with Crippen molar-refractivity contribution in [2.24, 2.45) is 34.3 Å². The molecule has 5 rings (SSSR count). The number of carbonyl (C=O) groups excluding carboxylic acids is 1. The van der Waals surface area contributed by atoms with Gasteiger partial charge in [0.2, 0.25) is 5.91 Å². The van der Waals surface area contributed by atoms with E-state index >= 15 is 0 Å². The van der Waals surface area contributed by atoms with Crippen molar-refractivity contribution < 1.29 is 4.79 Å². The first-order chi connectivity index (χ1) is 10.0. The first-order valence-electron chi connectivity index (χ1n) is 9.01. The van der Waals surface area contributed by atoms with E-state index in [1.165, 1.54) is 38.5 Å². The molecule has 3 nitrogen and oxygen atoms in total. The van der Waals surface area contributed by atoms with Crippen LogP contribution in [0.3, 0.4) is 0 Å². The van der Waals surface area contributed by atoms with E-state index in [9.17, 15) is 4.79 Å². The maximum Gasteiger partial charge on any atom is 0.228 e. The monoisotopic (exact) mass is 290 g/mol. The zero-order valence-electron chi connectivity index (χ0n) is 13.4. The summed E-state index contributed by atoms with van der Waals surface area (Å²) in [6.07, 6.45) is 9.94. The zero-order valence-corrected chi connectivity index (χ0v) is 13.4. The van der Waals surface area contributed by atoms with Gasteiger partial charge in [-0.3, -0.25) is 4.79 Å². The summed E-state index contributed by atoms with van der Waals surface area (Å²) < 4.78 is 0. The highest BCUT2D eigenvalue weighted by molar-refractivity contribution is 5.83. The number of likely N-dealkylation sites (tertiary alicyclic amines) is 1. The van der Waals surface area contributed by atoms with Crippen LogP contribution in [-0.2, 0) is 4.79 Å². The Morgan fingerprint density at radius 3 is 2.29 bits per heavy atom. The third-order valence-corrected chi connectivity index (χ3v) is 7.04. The minimum Gasteiger partial charge on any atom is -0.342 e. The topological polar surface area (TPSA) is 46.3 Å². The van der Waals surface area contributed by atoms with Crippen LogP contribution >= 0.6 is 0 Å². The maximum absolute atomic E-state index is 13.3. The van der Waals surface area contributed by atoms with Crippen molar-refractivity contribution in [2.45, 2.75) is 58.3 Å². The second-order valence-electron chi connectivity index (χ2n) is 9.02. The van der Waals surface area contributed by atoms with Gasteiger partial charge in [0.15, 0.2) is 0 Å². The fourth-order valence-corrected chi connectivity index (χ4v) is 6.68. The molecule has 0 aromatic heterocycles. The Morgan fingerprint density at radius 2 is 1.76 bits per heavy atom. The molecule has 0 spiro atoms. The molecular weight excluding hydrogens is 260 g/mol. The normalized spacial score (nSPS) is 46.1. The molecule has 0 aromatic rings. The molecule has 118 valence electrons. The third kappa shape index (κ3) is 2.23. The van der Waals surface area contributed by atoms with Crippen LogP contribution in [0.2, 0.25) is 0 Å². The van der Waals surface area contributed by atoms with Crippen LogP contribution in [0.15, 0.2) is 0 Å². The van der Waals surface area contributed by atoms with Gasteiger partial charge >= 0.3 is 0 Å². The number of amides is 1. The summed E-state index contributed by atoms with van der Waals surface area (Å²) in [4.78, 5) is 15.5. The number of hydrogen-bond acceptors (Lipinski definition) is 2. The van der Waals surface area contributed by atoms with Gasteiger partial charge in [0.25, 0.3) is 0 Å². The molecule has 4 saturated carbocycles. The minimum atomic E-state index is 0.0222. The van der Waals surface area contributed by atoms with Gasteiger partial charge in [-0.15, -0.1) is 0 Å². The SMILES string of the molecule is CC12CC3CC(C1)CC(C(=O)N1CCC(CN)CC1)(C3)C2. The van der Waals surface area contributed by atoms with E-state index in [-0.39, 0.29) is 5.41 Å². The Labute approximate surface area is 128 Å². The van der Waals surface area contributed by atoms with E-state index in [2.05, 4.69) is 11.8 Å². The largest absolute Gasteiger partial charge is 0.342 e. The van der Waals surface area contributed by atoms with Gasteiger partial charge in [0.05, 0.1) is 5.41 Å². The van der Waals surface area contributed by atoms with Crippen molar-refractivity contribution >= 4 is 5.91 Å². The van der Waals surface area contributed by atoms with E-state index in [0.29, 0.717) is 17.2 Å². The van der Waals surface area contributed by atoms with E-state index in [0.717, 1.165) is 44.3 Å². The molecule has 5 aliphatic rings. The molecule has 4 bridgehead atoms. The van der Waals surface area contributed by atoms with E-state index in [1.54, 1.807) is 0 Å². The van der Waals surface area contributed by atoms with Crippen molar-refractivity contribution in [1.82, 2.24) is 4.90 Å². The Bertz CT molecular complexity index is 424. The van der Waals surface area contributed by atoms with E-state index in [1.807, 2.05) is 0 Å². The van der Waals surface area contributed by atoms with Crippen LogP contribution in [0.1, 0.15) is 58.3 Å². The summed E-state index contributed by atoms with van der Waals surface area (Å²) in [6.45, 7) is 5.14. The molecular formula is C18H30N2O. The number of piperidine rings is 1. The molecule has 2 unspecified atom stereocenters. The summed E-state index contributed by atoms with van der Waals surface area (Å²) >= 11 is 0. The van der Waals surface area contributed by atoms with Crippen molar-refractivity contribution in [3.8, 4) is 0 Å². The lowest BCUT2D eigenvalue weighted by atomic mass is 9.44. The van der Waals surface area contributed by atoms with Crippen LogP contribution < -0.4 is 5.73 Å². The van der Waals surface area contributed by atoms with Gasteiger partial charge in [-0.1, -0.05) is 6.92 Å². The maximum atomic E-state index is 13.3. The van der Waals surface area contributed by atoms with Gasteiger partial charge in [0.1, 0.15) is 0 Å². The first kappa shape index (κ1) is 14.0. The van der Waals surface area contributed by atoms with Gasteiger partial charge in [-0.05, 0) is 81.1 Å². The van der Waals surface area contributed by atoms with Gasteiger partial charge in [-0.2, -0.15) is 0 Å². The van der Waals surface area contributed by atoms with Crippen molar-refractivity contribution in [3.05, 3.63) is 0 Å². The van der Waals surface area contributed by atoms with E-state index in [4.69, 9.17) is 5.73 Å². The molecule has 21 heavy (non-hydrogen) atoms. The molecule has 1 saturated heterocycles. The first-order valence-corrected chi connectivity index (χ1v) is 9.01. The summed E-state index contributed by atoms with van der Waals surface area (Å²) in [6, 6.07) is 0. The second kappa shape index (κ2) is 4.71. The fraction of sp³-hybridized carbons (Fsp3) is 0.944. The predicted octanol–water partition coefficient (Wildman–Crippen LogP) is 2.79. The van der Waals surface area contributed by atoms with Crippen LogP contribution in [0, 0.1) is 28.6 Å². The highest BCUT2D eigenvalue weighted by Gasteiger charge is 2.59. The summed E-state index contributed by atoms with van der Waals surface area (Å²) in [5.41, 5.74) is 6.27.